The quantitative estimate of drug-likeness (QED) is 0.0884. The van der Waals surface area contributed by atoms with Crippen LogP contribution >= 0.6 is 23.1 Å². The summed E-state index contributed by atoms with van der Waals surface area (Å²) in [5.74, 6) is -1.50. The van der Waals surface area contributed by atoms with Crippen molar-refractivity contribution in [1.82, 2.24) is 10.2 Å². The zero-order valence-electron chi connectivity index (χ0n) is 21.6. The molecule has 1 N–H and O–H groups in total. The Morgan fingerprint density at radius 3 is 2.38 bits per heavy atom. The number of aliphatic hydroxyl groups excluding tert-OH is 1. The Morgan fingerprint density at radius 1 is 1.00 bits per heavy atom. The molecule has 4 aromatic rings. The molecule has 1 aromatic heterocycles. The van der Waals surface area contributed by atoms with Crippen molar-refractivity contribution in [2.24, 2.45) is 0 Å². The fourth-order valence-electron chi connectivity index (χ4n) is 4.50. The Kier molecular flexibility index (Phi) is 7.63. The third-order valence-corrected chi connectivity index (χ3v) is 8.80. The normalized spacial score (nSPS) is 16.7. The highest BCUT2D eigenvalue weighted by Crippen LogP contribution is 2.44. The summed E-state index contributed by atoms with van der Waals surface area (Å²) in [5, 5.41) is 20.2. The van der Waals surface area contributed by atoms with E-state index >= 15 is 0 Å². The van der Waals surface area contributed by atoms with Crippen LogP contribution in [0.3, 0.4) is 0 Å². The van der Waals surface area contributed by atoms with E-state index in [2.05, 4.69) is 10.2 Å². The molecule has 1 unspecified atom stereocenters. The SMILES string of the molecule is CCc1ccc(C2/C(=C(\O)c3cc(C)ccc3C)C(=O)C(=O)N2c2nnc(SCc3ccc(F)cc3)s2)cc1. The molecule has 6 nitrogen and oxygen atoms in total. The van der Waals surface area contributed by atoms with Gasteiger partial charge in [0, 0.05) is 11.3 Å². The van der Waals surface area contributed by atoms with Crippen LogP contribution in [0.2, 0.25) is 0 Å². The maximum Gasteiger partial charge on any atom is 0.301 e. The number of hydrogen-bond acceptors (Lipinski definition) is 7. The second-order valence-corrected chi connectivity index (χ2v) is 11.5. The number of carbonyl (C=O) groups is 2. The molecule has 9 heteroatoms. The van der Waals surface area contributed by atoms with E-state index in [1.54, 1.807) is 12.1 Å². The Morgan fingerprint density at radius 2 is 1.69 bits per heavy atom. The number of halogens is 1. The van der Waals surface area contributed by atoms with Gasteiger partial charge in [-0.3, -0.25) is 14.5 Å². The first-order valence-electron chi connectivity index (χ1n) is 12.4. The van der Waals surface area contributed by atoms with E-state index in [-0.39, 0.29) is 22.3 Å². The maximum absolute atomic E-state index is 13.5. The Labute approximate surface area is 234 Å². The van der Waals surface area contributed by atoms with Crippen LogP contribution in [0, 0.1) is 19.7 Å². The highest BCUT2D eigenvalue weighted by Gasteiger charge is 2.48. The zero-order valence-corrected chi connectivity index (χ0v) is 23.3. The molecule has 1 saturated heterocycles. The number of thioether (sulfide) groups is 1. The molecule has 0 aliphatic carbocycles. The fraction of sp³-hybridized carbons (Fsp3) is 0.200. The highest BCUT2D eigenvalue weighted by molar-refractivity contribution is 8.00. The second-order valence-electron chi connectivity index (χ2n) is 9.35. The lowest BCUT2D eigenvalue weighted by Gasteiger charge is -2.23. The maximum atomic E-state index is 13.5. The van der Waals surface area contributed by atoms with E-state index in [1.807, 2.05) is 63.2 Å². The van der Waals surface area contributed by atoms with E-state index in [1.165, 1.54) is 40.1 Å². The molecule has 1 amide bonds. The summed E-state index contributed by atoms with van der Waals surface area (Å²) in [5.41, 5.74) is 4.97. The van der Waals surface area contributed by atoms with E-state index in [9.17, 15) is 19.1 Å². The van der Waals surface area contributed by atoms with Gasteiger partial charge >= 0.3 is 5.91 Å². The molecule has 2 heterocycles. The average Bonchev–Trinajstić information content (AvgIpc) is 3.51. The number of aryl methyl sites for hydroxylation is 3. The predicted molar refractivity (Wildman–Crippen MR) is 152 cm³/mol. The van der Waals surface area contributed by atoms with E-state index in [0.717, 1.165) is 28.7 Å². The smallest absolute Gasteiger partial charge is 0.301 e. The molecule has 0 radical (unpaired) electrons. The van der Waals surface area contributed by atoms with Crippen molar-refractivity contribution in [1.29, 1.82) is 0 Å². The van der Waals surface area contributed by atoms with Gasteiger partial charge in [-0.2, -0.15) is 0 Å². The predicted octanol–water partition coefficient (Wildman–Crippen LogP) is 6.78. The largest absolute Gasteiger partial charge is 0.507 e. The van der Waals surface area contributed by atoms with Crippen LogP contribution < -0.4 is 4.90 Å². The van der Waals surface area contributed by atoms with Crippen LogP contribution in [-0.4, -0.2) is 27.0 Å². The van der Waals surface area contributed by atoms with Crippen LogP contribution in [0.1, 0.15) is 46.3 Å². The number of nitrogens with zero attached hydrogens (tertiary/aromatic N) is 3. The number of aromatic nitrogens is 2. The molecule has 0 bridgehead atoms. The van der Waals surface area contributed by atoms with Gasteiger partial charge in [0.15, 0.2) is 4.34 Å². The first-order valence-corrected chi connectivity index (χ1v) is 14.2. The van der Waals surface area contributed by atoms with Crippen molar-refractivity contribution in [3.05, 3.63) is 112 Å². The van der Waals surface area contributed by atoms with E-state index < -0.39 is 17.7 Å². The number of amides is 1. The van der Waals surface area contributed by atoms with E-state index in [0.29, 0.717) is 21.2 Å². The molecule has 0 spiro atoms. The third kappa shape index (κ3) is 5.37. The third-order valence-electron chi connectivity index (χ3n) is 6.67. The molecular formula is C30H26FN3O3S2. The van der Waals surface area contributed by atoms with Crippen LogP contribution in [0.25, 0.3) is 5.76 Å². The first kappa shape index (κ1) is 26.8. The van der Waals surface area contributed by atoms with Crippen LogP contribution in [-0.2, 0) is 21.8 Å². The molecule has 1 aliphatic heterocycles. The number of hydrogen-bond donors (Lipinski definition) is 1. The molecule has 5 rings (SSSR count). The van der Waals surface area contributed by atoms with Gasteiger partial charge in [-0.05, 0) is 60.7 Å². The standard InChI is InChI=1S/C30H26FN3O3S2/c1-4-19-7-11-21(12-8-19)25-24(26(35)23-15-17(2)5-6-18(23)3)27(36)28(37)34(25)29-32-33-30(39-29)38-16-20-9-13-22(31)14-10-20/h5-15,25,35H,4,16H2,1-3H3/b26-24+. The number of anilines is 1. The second kappa shape index (κ2) is 11.1. The summed E-state index contributed by atoms with van der Waals surface area (Å²) >= 11 is 2.60. The minimum atomic E-state index is -0.862. The van der Waals surface area contributed by atoms with Gasteiger partial charge in [0.25, 0.3) is 5.78 Å². The minimum absolute atomic E-state index is 0.0219. The van der Waals surface area contributed by atoms with Crippen LogP contribution in [0.5, 0.6) is 0 Å². The number of aliphatic hydroxyl groups is 1. The van der Waals surface area contributed by atoms with E-state index in [4.69, 9.17) is 0 Å². The monoisotopic (exact) mass is 559 g/mol. The molecule has 1 fully saturated rings. The summed E-state index contributed by atoms with van der Waals surface area (Å²) < 4.78 is 13.8. The van der Waals surface area contributed by atoms with Gasteiger partial charge in [-0.15, -0.1) is 10.2 Å². The highest BCUT2D eigenvalue weighted by atomic mass is 32.2. The summed E-state index contributed by atoms with van der Waals surface area (Å²) in [6.07, 6.45) is 0.841. The van der Waals surface area contributed by atoms with Crippen molar-refractivity contribution in [3.8, 4) is 0 Å². The van der Waals surface area contributed by atoms with Gasteiger partial charge < -0.3 is 5.11 Å². The number of carbonyl (C=O) groups excluding carboxylic acids is 2. The molecule has 3 aromatic carbocycles. The van der Waals surface area contributed by atoms with Gasteiger partial charge in [0.05, 0.1) is 11.6 Å². The number of Topliss-reactive ketones (excluding diaryl/α,β-unsaturated/α-hetero) is 1. The zero-order chi connectivity index (χ0) is 27.7. The fourth-order valence-corrected chi connectivity index (χ4v) is 6.32. The van der Waals surface area contributed by atoms with Gasteiger partial charge in [-0.25, -0.2) is 4.39 Å². The van der Waals surface area contributed by atoms with Crippen molar-refractivity contribution >= 4 is 45.7 Å². The summed E-state index contributed by atoms with van der Waals surface area (Å²) in [6.45, 7) is 5.81. The molecule has 1 aliphatic rings. The Hall–Kier alpha value is -3.82. The lowest BCUT2D eigenvalue weighted by atomic mass is 9.93. The minimum Gasteiger partial charge on any atom is -0.507 e. The number of ketones is 1. The van der Waals surface area contributed by atoms with Crippen molar-refractivity contribution < 1.29 is 19.1 Å². The molecule has 39 heavy (non-hydrogen) atoms. The van der Waals surface area contributed by atoms with Gasteiger partial charge in [-0.1, -0.05) is 84.1 Å². The summed E-state index contributed by atoms with van der Waals surface area (Å²) in [7, 11) is 0. The summed E-state index contributed by atoms with van der Waals surface area (Å²) in [4.78, 5) is 28.3. The van der Waals surface area contributed by atoms with Crippen molar-refractivity contribution in [3.63, 3.8) is 0 Å². The summed E-state index contributed by atoms with van der Waals surface area (Å²) in [6, 6.07) is 18.6. The lowest BCUT2D eigenvalue weighted by Crippen LogP contribution is -2.29. The Balaban J connectivity index is 1.56. The van der Waals surface area contributed by atoms with Crippen LogP contribution in [0.4, 0.5) is 9.52 Å². The van der Waals surface area contributed by atoms with Gasteiger partial charge in [0.1, 0.15) is 11.6 Å². The first-order chi connectivity index (χ1) is 18.8. The molecule has 1 atom stereocenters. The molecular weight excluding hydrogens is 533 g/mol. The van der Waals surface area contributed by atoms with Crippen LogP contribution in [0.15, 0.2) is 76.6 Å². The topological polar surface area (TPSA) is 83.4 Å². The van der Waals surface area contributed by atoms with Crippen molar-refractivity contribution in [2.75, 3.05) is 4.90 Å². The van der Waals surface area contributed by atoms with Gasteiger partial charge in [0.2, 0.25) is 5.13 Å². The molecule has 198 valence electrons. The van der Waals surface area contributed by atoms with Crippen molar-refractivity contribution in [2.45, 2.75) is 43.3 Å². The average molecular weight is 560 g/mol. The number of rotatable bonds is 7. The molecule has 0 saturated carbocycles. The number of benzene rings is 3. The Bertz CT molecular complexity index is 1580. The lowest BCUT2D eigenvalue weighted by molar-refractivity contribution is -0.132.